The van der Waals surface area contributed by atoms with Crippen LogP contribution in [0.5, 0.6) is 0 Å². The van der Waals surface area contributed by atoms with Crippen molar-refractivity contribution in [2.24, 2.45) is 5.73 Å². The van der Waals surface area contributed by atoms with Gasteiger partial charge >= 0.3 is 5.97 Å². The molecular weight excluding hydrogens is 202 g/mol. The monoisotopic (exact) mass is 217 g/mol. The van der Waals surface area contributed by atoms with E-state index in [1.165, 1.54) is 0 Å². The van der Waals surface area contributed by atoms with Gasteiger partial charge < -0.3 is 21.5 Å². The van der Waals surface area contributed by atoms with Gasteiger partial charge in [0.2, 0.25) is 11.8 Å². The van der Waals surface area contributed by atoms with Crippen LogP contribution in [0, 0.1) is 0 Å². The first-order valence-corrected chi connectivity index (χ1v) is 4.37. The summed E-state index contributed by atoms with van der Waals surface area (Å²) in [7, 11) is 1.56. The Morgan fingerprint density at radius 2 is 1.93 bits per heavy atom. The van der Waals surface area contributed by atoms with Crippen molar-refractivity contribution in [3.05, 3.63) is 0 Å². The number of hydrogen-bond donors (Lipinski definition) is 4. The van der Waals surface area contributed by atoms with E-state index in [1.807, 2.05) is 0 Å². The number of carboxylic acid groups (broad SMARTS) is 1. The zero-order valence-electron chi connectivity index (χ0n) is 8.61. The molecular formula is C8H15N3O4. The highest BCUT2D eigenvalue weighted by Crippen LogP contribution is 1.93. The third-order valence-electron chi connectivity index (χ3n) is 1.85. The Balaban J connectivity index is 4.35. The second kappa shape index (κ2) is 5.97. The van der Waals surface area contributed by atoms with Gasteiger partial charge in [0.05, 0.1) is 12.5 Å². The highest BCUT2D eigenvalue weighted by atomic mass is 16.4. The minimum atomic E-state index is -1.29. The van der Waals surface area contributed by atoms with Gasteiger partial charge in [-0.3, -0.25) is 9.59 Å². The van der Waals surface area contributed by atoms with Crippen LogP contribution in [0.2, 0.25) is 0 Å². The Labute approximate surface area is 87.0 Å². The van der Waals surface area contributed by atoms with Crippen molar-refractivity contribution in [3.8, 4) is 0 Å². The summed E-state index contributed by atoms with van der Waals surface area (Å²) in [5, 5.41) is 13.5. The second-order valence-corrected chi connectivity index (χ2v) is 3.08. The van der Waals surface area contributed by atoms with Gasteiger partial charge in [-0.25, -0.2) is 4.79 Å². The van der Waals surface area contributed by atoms with Crippen LogP contribution < -0.4 is 16.4 Å². The van der Waals surface area contributed by atoms with Crippen molar-refractivity contribution in [1.82, 2.24) is 10.6 Å². The molecule has 0 rings (SSSR count). The van der Waals surface area contributed by atoms with E-state index in [4.69, 9.17) is 10.8 Å². The molecule has 0 radical (unpaired) electrons. The lowest BCUT2D eigenvalue weighted by molar-refractivity contribution is -0.143. The number of likely N-dealkylation sites (N-methyl/N-ethyl adjacent to an activating group) is 1. The van der Waals surface area contributed by atoms with Gasteiger partial charge in [0.15, 0.2) is 0 Å². The van der Waals surface area contributed by atoms with E-state index < -0.39 is 36.3 Å². The molecule has 5 N–H and O–H groups in total. The van der Waals surface area contributed by atoms with Crippen molar-refractivity contribution in [1.29, 1.82) is 0 Å². The lowest BCUT2D eigenvalue weighted by Crippen LogP contribution is -2.49. The average Bonchev–Trinajstić information content (AvgIpc) is 2.14. The lowest BCUT2D eigenvalue weighted by Gasteiger charge is -2.16. The topological polar surface area (TPSA) is 122 Å². The standard InChI is InChI=1S/C8H15N3O4/c1-4(10-2)7(13)11-5(8(14)15)3-6(9)12/h4-5,10H,3H2,1-2H3,(H2,9,12)(H,11,13)(H,14,15)/t4?,5-/m0/s1. The zero-order chi connectivity index (χ0) is 12.0. The van der Waals surface area contributed by atoms with E-state index in [1.54, 1.807) is 14.0 Å². The Morgan fingerprint density at radius 1 is 1.40 bits per heavy atom. The summed E-state index contributed by atoms with van der Waals surface area (Å²) in [6, 6.07) is -1.80. The quantitative estimate of drug-likeness (QED) is 0.411. The fourth-order valence-corrected chi connectivity index (χ4v) is 0.829. The summed E-state index contributed by atoms with van der Waals surface area (Å²) >= 11 is 0. The van der Waals surface area contributed by atoms with Gasteiger partial charge in [-0.05, 0) is 14.0 Å². The van der Waals surface area contributed by atoms with Crippen LogP contribution in [0.1, 0.15) is 13.3 Å². The predicted molar refractivity (Wildman–Crippen MR) is 51.9 cm³/mol. The summed E-state index contributed by atoms with van der Waals surface area (Å²) in [6.45, 7) is 1.57. The largest absolute Gasteiger partial charge is 0.480 e. The number of hydrogen-bond acceptors (Lipinski definition) is 4. The van der Waals surface area contributed by atoms with Gasteiger partial charge in [-0.15, -0.1) is 0 Å². The molecule has 0 heterocycles. The SMILES string of the molecule is CNC(C)C(=O)N[C@@H](CC(N)=O)C(=O)O. The van der Waals surface area contributed by atoms with Gasteiger partial charge in [0.1, 0.15) is 6.04 Å². The van der Waals surface area contributed by atoms with Crippen molar-refractivity contribution < 1.29 is 19.5 Å². The molecule has 0 aliphatic heterocycles. The molecule has 86 valence electrons. The average molecular weight is 217 g/mol. The molecule has 1 unspecified atom stereocenters. The van der Waals surface area contributed by atoms with Crippen LogP contribution in [0.4, 0.5) is 0 Å². The Hall–Kier alpha value is -1.63. The second-order valence-electron chi connectivity index (χ2n) is 3.08. The highest BCUT2D eigenvalue weighted by molar-refractivity contribution is 5.89. The Morgan fingerprint density at radius 3 is 2.27 bits per heavy atom. The van der Waals surface area contributed by atoms with E-state index in [0.717, 1.165) is 0 Å². The number of carbonyl (C=O) groups is 3. The minimum Gasteiger partial charge on any atom is -0.480 e. The van der Waals surface area contributed by atoms with E-state index in [0.29, 0.717) is 0 Å². The molecule has 0 aliphatic rings. The van der Waals surface area contributed by atoms with Crippen molar-refractivity contribution >= 4 is 17.8 Å². The van der Waals surface area contributed by atoms with Crippen molar-refractivity contribution in [3.63, 3.8) is 0 Å². The van der Waals surface area contributed by atoms with E-state index >= 15 is 0 Å². The maximum atomic E-state index is 11.3. The number of nitrogens with two attached hydrogens (primary N) is 1. The molecule has 2 atom stereocenters. The van der Waals surface area contributed by atoms with Crippen LogP contribution in [-0.4, -0.2) is 42.0 Å². The summed E-state index contributed by atoms with van der Waals surface area (Å²) in [5.74, 6) is -2.56. The van der Waals surface area contributed by atoms with Crippen LogP contribution in [0.15, 0.2) is 0 Å². The number of aliphatic carboxylic acids is 1. The maximum Gasteiger partial charge on any atom is 0.326 e. The normalized spacial score (nSPS) is 14.0. The molecule has 0 bridgehead atoms. The van der Waals surface area contributed by atoms with Gasteiger partial charge in [0.25, 0.3) is 0 Å². The predicted octanol–water partition coefficient (Wildman–Crippen LogP) is -1.96. The van der Waals surface area contributed by atoms with E-state index in [-0.39, 0.29) is 0 Å². The van der Waals surface area contributed by atoms with Crippen LogP contribution in [-0.2, 0) is 14.4 Å². The molecule has 0 aromatic carbocycles. The molecule has 0 saturated carbocycles. The number of amides is 2. The first-order valence-electron chi connectivity index (χ1n) is 4.37. The fraction of sp³-hybridized carbons (Fsp3) is 0.625. The van der Waals surface area contributed by atoms with Crippen molar-refractivity contribution in [2.75, 3.05) is 7.05 Å². The molecule has 7 nitrogen and oxygen atoms in total. The Kier molecular flexibility index (Phi) is 5.32. The Bertz CT molecular complexity index is 267. The number of carbonyl (C=O) groups excluding carboxylic acids is 2. The van der Waals surface area contributed by atoms with Gasteiger partial charge in [-0.1, -0.05) is 0 Å². The third kappa shape index (κ3) is 4.96. The summed E-state index contributed by atoms with van der Waals surface area (Å²) in [4.78, 5) is 32.4. The number of nitrogens with one attached hydrogen (secondary N) is 2. The molecule has 0 aromatic heterocycles. The smallest absolute Gasteiger partial charge is 0.326 e. The van der Waals surface area contributed by atoms with Gasteiger partial charge in [0, 0.05) is 0 Å². The maximum absolute atomic E-state index is 11.3. The zero-order valence-corrected chi connectivity index (χ0v) is 8.61. The molecule has 0 saturated heterocycles. The molecule has 0 aliphatic carbocycles. The molecule has 0 aromatic rings. The fourth-order valence-electron chi connectivity index (χ4n) is 0.829. The van der Waals surface area contributed by atoms with Crippen LogP contribution in [0.25, 0.3) is 0 Å². The molecule has 0 fully saturated rings. The third-order valence-corrected chi connectivity index (χ3v) is 1.85. The first-order chi connectivity index (χ1) is 6.88. The molecule has 2 amide bonds. The molecule has 7 heteroatoms. The van der Waals surface area contributed by atoms with Crippen LogP contribution in [0.3, 0.4) is 0 Å². The number of carboxylic acids is 1. The summed E-state index contributed by atoms with van der Waals surface area (Å²) in [6.07, 6.45) is -0.419. The van der Waals surface area contributed by atoms with E-state index in [9.17, 15) is 14.4 Å². The van der Waals surface area contributed by atoms with Crippen molar-refractivity contribution in [2.45, 2.75) is 25.4 Å². The summed E-state index contributed by atoms with van der Waals surface area (Å²) in [5.41, 5.74) is 4.85. The molecule has 0 spiro atoms. The highest BCUT2D eigenvalue weighted by Gasteiger charge is 2.23. The number of primary amides is 1. The first kappa shape index (κ1) is 13.4. The molecule has 15 heavy (non-hydrogen) atoms. The van der Waals surface area contributed by atoms with E-state index in [2.05, 4.69) is 10.6 Å². The van der Waals surface area contributed by atoms with Crippen LogP contribution >= 0.6 is 0 Å². The summed E-state index contributed by atoms with van der Waals surface area (Å²) < 4.78 is 0. The number of rotatable bonds is 6. The minimum absolute atomic E-state index is 0.419. The van der Waals surface area contributed by atoms with Gasteiger partial charge in [-0.2, -0.15) is 0 Å². The lowest BCUT2D eigenvalue weighted by atomic mass is 10.2.